The van der Waals surface area contributed by atoms with Gasteiger partial charge in [-0.25, -0.2) is 13.3 Å². The Bertz CT molecular complexity index is 1220. The maximum atomic E-state index is 15.3. The molecule has 2 heterocycles. The van der Waals surface area contributed by atoms with Crippen LogP contribution in [0.4, 0.5) is 26.0 Å². The third-order valence-electron chi connectivity index (χ3n) is 5.71. The highest BCUT2D eigenvalue weighted by Gasteiger charge is 2.43. The van der Waals surface area contributed by atoms with Gasteiger partial charge in [-0.1, -0.05) is 11.6 Å². The molecule has 2 atom stereocenters. The number of amides is 1. The first-order valence-corrected chi connectivity index (χ1v) is 10.7. The van der Waals surface area contributed by atoms with Gasteiger partial charge in [-0.2, -0.15) is 5.10 Å². The molecule has 1 aromatic carbocycles. The van der Waals surface area contributed by atoms with Crippen molar-refractivity contribution in [2.24, 2.45) is 5.92 Å². The number of rotatable bonds is 7. The Morgan fingerprint density at radius 3 is 2.72 bits per heavy atom. The van der Waals surface area contributed by atoms with Gasteiger partial charge in [0.15, 0.2) is 11.6 Å². The van der Waals surface area contributed by atoms with E-state index in [-0.39, 0.29) is 28.6 Å². The minimum atomic E-state index is -1.10. The number of halogens is 3. The summed E-state index contributed by atoms with van der Waals surface area (Å²) in [5, 5.41) is 14.6. The molecular weight excluding hydrogens is 438 g/mol. The average Bonchev–Trinajstić information content (AvgIpc) is 3.38. The van der Waals surface area contributed by atoms with Crippen LogP contribution in [-0.4, -0.2) is 41.0 Å². The quantitative estimate of drug-likeness (QED) is 0.356. The predicted octanol–water partition coefficient (Wildman–Crippen LogP) is 4.52. The van der Waals surface area contributed by atoms with Crippen LogP contribution >= 0.6 is 11.6 Å². The summed E-state index contributed by atoms with van der Waals surface area (Å²) < 4.78 is 29.9. The lowest BCUT2D eigenvalue weighted by molar-refractivity contribution is -0.117. The van der Waals surface area contributed by atoms with Crippen molar-refractivity contribution in [3.8, 4) is 11.1 Å². The zero-order valence-electron chi connectivity index (χ0n) is 17.6. The van der Waals surface area contributed by atoms with Crippen LogP contribution in [0.25, 0.3) is 16.6 Å². The molecule has 0 bridgehead atoms. The molecule has 3 aromatic rings. The summed E-state index contributed by atoms with van der Waals surface area (Å²) in [5.41, 5.74) is 8.38. The molecule has 1 fully saturated rings. The highest BCUT2D eigenvalue weighted by Crippen LogP contribution is 2.43. The van der Waals surface area contributed by atoms with Gasteiger partial charge >= 0.3 is 0 Å². The van der Waals surface area contributed by atoms with Crippen LogP contribution in [0.5, 0.6) is 0 Å². The number of alkyl halides is 1. The standard InChI is InChI=1S/C22H23ClF2N6O/c1-3-30(4-2)21-19(25)18(23)17(14(10-26)20(21)27)11-5-6-31-12(7-11)8-16(29-31)28-22(32)13-9-15(13)24/h5-8,10,13,15,26H,3-4,9,27H2,1-2H3,(H,28,29,32)/t13-,15+/m1/s1. The Morgan fingerprint density at radius 2 is 2.12 bits per heavy atom. The Morgan fingerprint density at radius 1 is 1.44 bits per heavy atom. The molecule has 0 unspecified atom stereocenters. The zero-order valence-corrected chi connectivity index (χ0v) is 18.4. The van der Waals surface area contributed by atoms with Crippen molar-refractivity contribution in [1.82, 2.24) is 9.61 Å². The van der Waals surface area contributed by atoms with E-state index in [0.29, 0.717) is 35.3 Å². The normalized spacial score (nSPS) is 17.4. The number of anilines is 3. The lowest BCUT2D eigenvalue weighted by Crippen LogP contribution is -2.25. The fraction of sp³-hybridized carbons (Fsp3) is 0.318. The minimum Gasteiger partial charge on any atom is -0.396 e. The number of hydrogen-bond donors (Lipinski definition) is 3. The number of fused-ring (bicyclic) bond motifs is 1. The molecule has 1 aliphatic carbocycles. The van der Waals surface area contributed by atoms with Gasteiger partial charge in [0.05, 0.1) is 27.8 Å². The maximum Gasteiger partial charge on any atom is 0.231 e. The summed E-state index contributed by atoms with van der Waals surface area (Å²) in [6.07, 6.45) is 1.83. The Kier molecular flexibility index (Phi) is 5.77. The summed E-state index contributed by atoms with van der Waals surface area (Å²) in [6.45, 7) is 4.83. The number of carbonyl (C=O) groups excluding carboxylic acids is 1. The first-order chi connectivity index (χ1) is 15.3. The van der Waals surface area contributed by atoms with Gasteiger partial charge in [-0.3, -0.25) is 4.79 Å². The van der Waals surface area contributed by atoms with Crippen molar-refractivity contribution >= 4 is 46.4 Å². The molecule has 0 saturated heterocycles. The van der Waals surface area contributed by atoms with E-state index in [9.17, 15) is 9.18 Å². The molecule has 0 radical (unpaired) electrons. The second-order valence-electron chi connectivity index (χ2n) is 7.66. The van der Waals surface area contributed by atoms with E-state index < -0.39 is 23.8 Å². The van der Waals surface area contributed by atoms with Crippen LogP contribution in [0.15, 0.2) is 24.4 Å². The van der Waals surface area contributed by atoms with Crippen LogP contribution in [0.2, 0.25) is 5.02 Å². The van der Waals surface area contributed by atoms with E-state index in [2.05, 4.69) is 10.4 Å². The molecule has 168 valence electrons. The Labute approximate surface area is 188 Å². The topological polar surface area (TPSA) is 99.5 Å². The van der Waals surface area contributed by atoms with Crippen molar-refractivity contribution in [3.63, 3.8) is 0 Å². The monoisotopic (exact) mass is 460 g/mol. The van der Waals surface area contributed by atoms with Crippen molar-refractivity contribution < 1.29 is 13.6 Å². The SMILES string of the molecule is CCN(CC)c1c(N)c(C=N)c(-c2ccn3nc(NC(=O)[C@@H]4C[C@@H]4F)cc3c2)c(Cl)c1F. The molecule has 0 aliphatic heterocycles. The first-order valence-electron chi connectivity index (χ1n) is 10.3. The zero-order chi connectivity index (χ0) is 23.2. The third kappa shape index (κ3) is 3.66. The Balaban J connectivity index is 1.78. The molecule has 4 N–H and O–H groups in total. The van der Waals surface area contributed by atoms with Crippen molar-refractivity contribution in [2.75, 3.05) is 29.0 Å². The van der Waals surface area contributed by atoms with E-state index in [1.165, 1.54) is 4.52 Å². The second-order valence-corrected chi connectivity index (χ2v) is 8.04. The van der Waals surface area contributed by atoms with Gasteiger partial charge in [0.2, 0.25) is 5.91 Å². The number of benzene rings is 1. The molecule has 1 saturated carbocycles. The highest BCUT2D eigenvalue weighted by atomic mass is 35.5. The lowest BCUT2D eigenvalue weighted by Gasteiger charge is -2.26. The molecule has 4 rings (SSSR count). The molecule has 1 amide bonds. The number of aromatic nitrogens is 2. The van der Waals surface area contributed by atoms with Crippen molar-refractivity contribution in [1.29, 1.82) is 5.41 Å². The maximum absolute atomic E-state index is 15.3. The van der Waals surface area contributed by atoms with Gasteiger partial charge in [-0.15, -0.1) is 0 Å². The molecule has 1 aliphatic rings. The highest BCUT2D eigenvalue weighted by molar-refractivity contribution is 6.35. The Hall–Kier alpha value is -3.20. The average molecular weight is 461 g/mol. The van der Waals surface area contributed by atoms with E-state index in [0.717, 1.165) is 6.21 Å². The number of nitrogen functional groups attached to an aromatic ring is 1. The van der Waals surface area contributed by atoms with E-state index in [1.807, 2.05) is 13.8 Å². The summed E-state index contributed by atoms with van der Waals surface area (Å²) in [5.74, 6) is -1.39. The van der Waals surface area contributed by atoms with Crippen molar-refractivity contribution in [3.05, 3.63) is 40.8 Å². The first kappa shape index (κ1) is 22.0. The van der Waals surface area contributed by atoms with E-state index in [1.54, 1.807) is 29.3 Å². The molecule has 32 heavy (non-hydrogen) atoms. The van der Waals surface area contributed by atoms with Crippen LogP contribution in [0.3, 0.4) is 0 Å². The number of nitrogens with two attached hydrogens (primary N) is 1. The van der Waals surface area contributed by atoms with E-state index >= 15 is 4.39 Å². The number of nitrogens with one attached hydrogen (secondary N) is 2. The number of pyridine rings is 1. The largest absolute Gasteiger partial charge is 0.396 e. The second kappa shape index (κ2) is 8.38. The number of carbonyl (C=O) groups is 1. The smallest absolute Gasteiger partial charge is 0.231 e. The molecule has 7 nitrogen and oxygen atoms in total. The molecule has 2 aromatic heterocycles. The molecular formula is C22H23ClF2N6O. The van der Waals surface area contributed by atoms with Gasteiger partial charge in [-0.05, 0) is 38.0 Å². The lowest BCUT2D eigenvalue weighted by atomic mass is 9.97. The van der Waals surface area contributed by atoms with Gasteiger partial charge < -0.3 is 21.4 Å². The van der Waals surface area contributed by atoms with Crippen LogP contribution in [0.1, 0.15) is 25.8 Å². The third-order valence-corrected chi connectivity index (χ3v) is 6.07. The minimum absolute atomic E-state index is 0.125. The fourth-order valence-corrected chi connectivity index (χ4v) is 4.16. The summed E-state index contributed by atoms with van der Waals surface area (Å²) in [6, 6.07) is 5.01. The summed E-state index contributed by atoms with van der Waals surface area (Å²) >= 11 is 6.45. The van der Waals surface area contributed by atoms with Crippen molar-refractivity contribution in [2.45, 2.75) is 26.4 Å². The van der Waals surface area contributed by atoms with Gasteiger partial charge in [0.1, 0.15) is 6.17 Å². The summed E-state index contributed by atoms with van der Waals surface area (Å²) in [7, 11) is 0. The van der Waals surface area contributed by atoms with Crippen LogP contribution in [0, 0.1) is 17.1 Å². The number of hydrogen-bond acceptors (Lipinski definition) is 5. The molecule has 10 heteroatoms. The molecule has 0 spiro atoms. The fourth-order valence-electron chi connectivity index (χ4n) is 3.86. The van der Waals surface area contributed by atoms with Crippen LogP contribution in [-0.2, 0) is 4.79 Å². The van der Waals surface area contributed by atoms with Gasteiger partial charge in [0, 0.05) is 42.7 Å². The van der Waals surface area contributed by atoms with E-state index in [4.69, 9.17) is 22.7 Å². The van der Waals surface area contributed by atoms with Crippen LogP contribution < -0.4 is 16.0 Å². The number of nitrogens with zero attached hydrogens (tertiary/aromatic N) is 3. The van der Waals surface area contributed by atoms with Gasteiger partial charge in [0.25, 0.3) is 0 Å². The summed E-state index contributed by atoms with van der Waals surface area (Å²) in [4.78, 5) is 13.7. The predicted molar refractivity (Wildman–Crippen MR) is 123 cm³/mol.